The van der Waals surface area contributed by atoms with E-state index in [4.69, 9.17) is 28.9 Å². The lowest BCUT2D eigenvalue weighted by Crippen LogP contribution is -2.58. The van der Waals surface area contributed by atoms with Gasteiger partial charge in [0, 0.05) is 5.69 Å². The molecule has 0 aromatic heterocycles. The van der Waals surface area contributed by atoms with E-state index in [2.05, 4.69) is 16.0 Å². The number of hydrogen-bond acceptors (Lipinski definition) is 3. The predicted molar refractivity (Wildman–Crippen MR) is 128 cm³/mol. The lowest BCUT2D eigenvalue weighted by Gasteiger charge is -2.31. The second-order valence-electron chi connectivity index (χ2n) is 8.51. The van der Waals surface area contributed by atoms with Gasteiger partial charge < -0.3 is 21.7 Å². The van der Waals surface area contributed by atoms with E-state index in [1.54, 1.807) is 32.9 Å². The van der Waals surface area contributed by atoms with E-state index in [0.29, 0.717) is 23.6 Å². The molecule has 0 heterocycles. The first-order valence-electron chi connectivity index (χ1n) is 10.1. The van der Waals surface area contributed by atoms with Gasteiger partial charge in [0.1, 0.15) is 12.1 Å². The molecule has 2 unspecified atom stereocenters. The van der Waals surface area contributed by atoms with Crippen molar-refractivity contribution in [1.29, 1.82) is 0 Å². The van der Waals surface area contributed by atoms with Crippen LogP contribution < -0.4 is 21.7 Å². The van der Waals surface area contributed by atoms with Gasteiger partial charge in [-0.15, -0.1) is 0 Å². The van der Waals surface area contributed by atoms with Gasteiger partial charge in [-0.25, -0.2) is 4.79 Å². The summed E-state index contributed by atoms with van der Waals surface area (Å²) in [5.41, 5.74) is 6.32. The van der Waals surface area contributed by atoms with Crippen molar-refractivity contribution in [3.05, 3.63) is 64.1 Å². The summed E-state index contributed by atoms with van der Waals surface area (Å²) in [4.78, 5) is 37.5. The second kappa shape index (κ2) is 11.2. The highest BCUT2D eigenvalue weighted by atomic mass is 35.5. The number of rotatable bonds is 8. The van der Waals surface area contributed by atoms with Crippen LogP contribution in [-0.2, 0) is 16.0 Å². The summed E-state index contributed by atoms with van der Waals surface area (Å²) < 4.78 is 0. The maximum atomic E-state index is 13.0. The van der Waals surface area contributed by atoms with Gasteiger partial charge in [-0.05, 0) is 42.0 Å². The summed E-state index contributed by atoms with van der Waals surface area (Å²) >= 11 is 11.9. The number of nitrogens with two attached hydrogens (primary N) is 1. The number of carbonyl (C=O) groups excluding carboxylic acids is 3. The fourth-order valence-corrected chi connectivity index (χ4v) is 3.34. The molecule has 2 rings (SSSR count). The van der Waals surface area contributed by atoms with E-state index < -0.39 is 35.3 Å². The van der Waals surface area contributed by atoms with Gasteiger partial charge >= 0.3 is 6.03 Å². The maximum absolute atomic E-state index is 13.0. The number of halogens is 2. The molecule has 7 nitrogen and oxygen atoms in total. The highest BCUT2D eigenvalue weighted by Gasteiger charge is 2.34. The molecular formula is C23H28Cl2N4O3. The summed E-state index contributed by atoms with van der Waals surface area (Å²) in [5, 5.41) is 8.63. The van der Waals surface area contributed by atoms with Crippen LogP contribution in [0.2, 0.25) is 10.0 Å². The molecule has 4 amide bonds. The Labute approximate surface area is 198 Å². The molecule has 2 atom stereocenters. The molecule has 9 heteroatoms. The first-order chi connectivity index (χ1) is 15.0. The van der Waals surface area contributed by atoms with Gasteiger partial charge in [-0.2, -0.15) is 0 Å². The van der Waals surface area contributed by atoms with Crippen molar-refractivity contribution in [3.63, 3.8) is 0 Å². The Morgan fingerprint density at radius 2 is 1.62 bits per heavy atom. The number of nitrogens with one attached hydrogen (secondary N) is 3. The molecule has 0 bridgehead atoms. The number of carbonyl (C=O) groups is 3. The minimum atomic E-state index is -0.927. The SMILES string of the molecule is CC(C)(C)C(NC(=O)Nc1ccc(Cl)c(Cl)c1)C(=O)NC(CCc1ccccc1)C(N)=O. The molecule has 2 aromatic rings. The Morgan fingerprint density at radius 1 is 0.969 bits per heavy atom. The van der Waals surface area contributed by atoms with Crippen LogP contribution in [0.15, 0.2) is 48.5 Å². The first-order valence-corrected chi connectivity index (χ1v) is 10.9. The zero-order chi connectivity index (χ0) is 23.9. The molecule has 32 heavy (non-hydrogen) atoms. The third kappa shape index (κ3) is 7.73. The zero-order valence-corrected chi connectivity index (χ0v) is 19.8. The summed E-state index contributed by atoms with van der Waals surface area (Å²) in [6.07, 6.45) is 0.914. The second-order valence-corrected chi connectivity index (χ2v) is 9.33. The van der Waals surface area contributed by atoms with Gasteiger partial charge in [-0.1, -0.05) is 74.3 Å². The standard InChI is InChI=1S/C23H28Cl2N4O3/c1-23(2,3)19(29-22(32)27-15-10-11-16(24)17(25)13-15)21(31)28-18(20(26)30)12-9-14-7-5-4-6-8-14/h4-8,10-11,13,18-19H,9,12H2,1-3H3,(H2,26,30)(H,28,31)(H2,27,29,32). The van der Waals surface area contributed by atoms with Crippen LogP contribution in [0.25, 0.3) is 0 Å². The third-order valence-electron chi connectivity index (χ3n) is 4.81. The van der Waals surface area contributed by atoms with Crippen molar-refractivity contribution in [2.24, 2.45) is 11.1 Å². The summed E-state index contributed by atoms with van der Waals surface area (Å²) in [6, 6.07) is 11.8. The molecule has 0 radical (unpaired) electrons. The maximum Gasteiger partial charge on any atom is 0.319 e. The Kier molecular flexibility index (Phi) is 8.92. The van der Waals surface area contributed by atoms with Crippen molar-refractivity contribution < 1.29 is 14.4 Å². The van der Waals surface area contributed by atoms with Crippen LogP contribution >= 0.6 is 23.2 Å². The highest BCUT2D eigenvalue weighted by Crippen LogP contribution is 2.25. The average Bonchev–Trinajstić information content (AvgIpc) is 2.71. The number of benzene rings is 2. The van der Waals surface area contributed by atoms with Crippen molar-refractivity contribution in [3.8, 4) is 0 Å². The van der Waals surface area contributed by atoms with E-state index in [9.17, 15) is 14.4 Å². The number of primary amides is 1. The fourth-order valence-electron chi connectivity index (χ4n) is 3.04. The van der Waals surface area contributed by atoms with Crippen LogP contribution in [0, 0.1) is 5.41 Å². The molecule has 0 aliphatic rings. The number of hydrogen-bond donors (Lipinski definition) is 4. The molecule has 0 aliphatic heterocycles. The molecule has 0 aliphatic carbocycles. The summed E-state index contributed by atoms with van der Waals surface area (Å²) in [5.74, 6) is -1.14. The van der Waals surface area contributed by atoms with Crippen LogP contribution in [0.5, 0.6) is 0 Å². The monoisotopic (exact) mass is 478 g/mol. The van der Waals surface area contributed by atoms with Crippen molar-refractivity contribution >= 4 is 46.7 Å². The van der Waals surface area contributed by atoms with E-state index in [-0.39, 0.29) is 5.02 Å². The van der Waals surface area contributed by atoms with E-state index in [1.807, 2.05) is 30.3 Å². The Morgan fingerprint density at radius 3 is 2.19 bits per heavy atom. The average molecular weight is 479 g/mol. The number of anilines is 1. The molecular weight excluding hydrogens is 451 g/mol. The Hall–Kier alpha value is -2.77. The van der Waals surface area contributed by atoms with Crippen LogP contribution in [0.3, 0.4) is 0 Å². The minimum Gasteiger partial charge on any atom is -0.368 e. The Bertz CT molecular complexity index is 961. The van der Waals surface area contributed by atoms with Gasteiger partial charge in [-0.3, -0.25) is 9.59 Å². The quantitative estimate of drug-likeness (QED) is 0.457. The van der Waals surface area contributed by atoms with E-state index in [0.717, 1.165) is 5.56 Å². The molecule has 5 N–H and O–H groups in total. The first kappa shape index (κ1) is 25.5. The number of urea groups is 1. The highest BCUT2D eigenvalue weighted by molar-refractivity contribution is 6.42. The Balaban J connectivity index is 2.05. The number of amides is 4. The normalized spacial score (nSPS) is 13.0. The van der Waals surface area contributed by atoms with Gasteiger partial charge in [0.2, 0.25) is 11.8 Å². The molecule has 0 saturated carbocycles. The van der Waals surface area contributed by atoms with Gasteiger partial charge in [0.15, 0.2) is 0 Å². The lowest BCUT2D eigenvalue weighted by atomic mass is 9.86. The van der Waals surface area contributed by atoms with Crippen molar-refractivity contribution in [2.45, 2.75) is 45.7 Å². The van der Waals surface area contributed by atoms with Crippen LogP contribution in [0.1, 0.15) is 32.8 Å². The molecule has 0 saturated heterocycles. The summed E-state index contributed by atoms with van der Waals surface area (Å²) in [6.45, 7) is 5.42. The molecule has 2 aromatic carbocycles. The third-order valence-corrected chi connectivity index (χ3v) is 5.54. The van der Waals surface area contributed by atoms with Gasteiger partial charge in [0.25, 0.3) is 0 Å². The fraction of sp³-hybridized carbons (Fsp3) is 0.348. The van der Waals surface area contributed by atoms with Gasteiger partial charge in [0.05, 0.1) is 10.0 Å². The van der Waals surface area contributed by atoms with Crippen molar-refractivity contribution in [1.82, 2.24) is 10.6 Å². The lowest BCUT2D eigenvalue weighted by molar-refractivity contribution is -0.130. The van der Waals surface area contributed by atoms with Crippen LogP contribution in [0.4, 0.5) is 10.5 Å². The predicted octanol–water partition coefficient (Wildman–Crippen LogP) is 4.13. The minimum absolute atomic E-state index is 0.289. The summed E-state index contributed by atoms with van der Waals surface area (Å²) in [7, 11) is 0. The van der Waals surface area contributed by atoms with E-state index >= 15 is 0 Å². The molecule has 0 spiro atoms. The largest absolute Gasteiger partial charge is 0.368 e. The van der Waals surface area contributed by atoms with Crippen LogP contribution in [-0.4, -0.2) is 29.9 Å². The topological polar surface area (TPSA) is 113 Å². The zero-order valence-electron chi connectivity index (χ0n) is 18.2. The molecule has 172 valence electrons. The molecule has 0 fully saturated rings. The van der Waals surface area contributed by atoms with Crippen molar-refractivity contribution in [2.75, 3.05) is 5.32 Å². The van der Waals surface area contributed by atoms with E-state index in [1.165, 1.54) is 6.07 Å². The number of aryl methyl sites for hydroxylation is 1. The smallest absolute Gasteiger partial charge is 0.319 e.